The minimum atomic E-state index is -3.03. The molecule has 0 aromatic carbocycles. The number of ether oxygens (including phenoxy) is 1. The normalized spacial score (nSPS) is 19.6. The molecule has 9 heteroatoms. The van der Waals surface area contributed by atoms with E-state index in [0.29, 0.717) is 32.1 Å². The maximum atomic E-state index is 11.8. The average molecular weight is 476 g/mol. The molecular weight excluding hydrogens is 443 g/mol. The van der Waals surface area contributed by atoms with Gasteiger partial charge >= 0.3 is 0 Å². The zero-order valence-corrected chi connectivity index (χ0v) is 18.6. The van der Waals surface area contributed by atoms with Crippen molar-refractivity contribution in [1.82, 2.24) is 14.9 Å². The Morgan fingerprint density at radius 1 is 1.33 bits per heavy atom. The monoisotopic (exact) mass is 476 g/mol. The molecule has 1 aliphatic rings. The van der Waals surface area contributed by atoms with Gasteiger partial charge in [0.05, 0.1) is 18.4 Å². The van der Waals surface area contributed by atoms with Crippen molar-refractivity contribution < 1.29 is 13.2 Å². The Labute approximate surface area is 164 Å². The summed E-state index contributed by atoms with van der Waals surface area (Å²) in [5, 5.41) is 6.37. The molecule has 24 heavy (non-hydrogen) atoms. The van der Waals surface area contributed by atoms with Gasteiger partial charge in [-0.25, -0.2) is 12.7 Å². The van der Waals surface area contributed by atoms with E-state index >= 15 is 0 Å². The van der Waals surface area contributed by atoms with E-state index in [1.807, 2.05) is 6.92 Å². The highest BCUT2D eigenvalue weighted by atomic mass is 127. The van der Waals surface area contributed by atoms with Gasteiger partial charge in [0.25, 0.3) is 0 Å². The zero-order valence-electron chi connectivity index (χ0n) is 15.5. The van der Waals surface area contributed by atoms with E-state index in [4.69, 9.17) is 4.74 Å². The average Bonchev–Trinajstić information content (AvgIpc) is 2.77. The zero-order chi connectivity index (χ0) is 17.5. The van der Waals surface area contributed by atoms with Crippen LogP contribution in [-0.4, -0.2) is 70.4 Å². The van der Waals surface area contributed by atoms with Gasteiger partial charge in [-0.3, -0.25) is 4.99 Å². The van der Waals surface area contributed by atoms with Gasteiger partial charge in [0.1, 0.15) is 0 Å². The fraction of sp³-hybridized carbons (Fsp3) is 0.933. The Balaban J connectivity index is 0.00000529. The molecule has 7 nitrogen and oxygen atoms in total. The highest BCUT2D eigenvalue weighted by Gasteiger charge is 2.27. The fourth-order valence-corrected chi connectivity index (χ4v) is 3.99. The van der Waals surface area contributed by atoms with Crippen molar-refractivity contribution >= 4 is 40.0 Å². The van der Waals surface area contributed by atoms with Crippen LogP contribution in [0, 0.1) is 5.41 Å². The molecule has 0 saturated carbocycles. The SMILES string of the molecule is CCNC(=NCC(OC)C(C)(C)C)NCCN1CCCS1(=O)=O.I. The van der Waals surface area contributed by atoms with Crippen molar-refractivity contribution in [3.63, 3.8) is 0 Å². The maximum absolute atomic E-state index is 11.8. The van der Waals surface area contributed by atoms with Crippen LogP contribution in [-0.2, 0) is 14.8 Å². The van der Waals surface area contributed by atoms with Crippen molar-refractivity contribution in [3.05, 3.63) is 0 Å². The van der Waals surface area contributed by atoms with Crippen LogP contribution in [0.1, 0.15) is 34.1 Å². The molecular formula is C15H33IN4O3S. The number of rotatable bonds is 7. The van der Waals surface area contributed by atoms with E-state index in [-0.39, 0.29) is 41.2 Å². The summed E-state index contributed by atoms with van der Waals surface area (Å²) >= 11 is 0. The van der Waals surface area contributed by atoms with Crippen LogP contribution in [0.4, 0.5) is 0 Å². The van der Waals surface area contributed by atoms with Crippen LogP contribution < -0.4 is 10.6 Å². The summed E-state index contributed by atoms with van der Waals surface area (Å²) in [5.74, 6) is 0.956. The van der Waals surface area contributed by atoms with E-state index in [9.17, 15) is 8.42 Å². The minimum absolute atomic E-state index is 0. The fourth-order valence-electron chi connectivity index (χ4n) is 2.46. The van der Waals surface area contributed by atoms with E-state index in [2.05, 4.69) is 36.4 Å². The molecule has 1 atom stereocenters. The smallest absolute Gasteiger partial charge is 0.214 e. The molecule has 1 saturated heterocycles. The van der Waals surface area contributed by atoms with Crippen molar-refractivity contribution in [2.75, 3.05) is 45.6 Å². The lowest BCUT2D eigenvalue weighted by molar-refractivity contribution is 0.0241. The number of guanidine groups is 1. The first-order chi connectivity index (χ1) is 10.7. The van der Waals surface area contributed by atoms with Gasteiger partial charge in [0.2, 0.25) is 10.0 Å². The van der Waals surface area contributed by atoms with Crippen LogP contribution in [0.5, 0.6) is 0 Å². The molecule has 0 aromatic rings. The van der Waals surface area contributed by atoms with Gasteiger partial charge in [-0.15, -0.1) is 24.0 Å². The first kappa shape index (κ1) is 23.9. The molecule has 1 unspecified atom stereocenters. The summed E-state index contributed by atoms with van der Waals surface area (Å²) in [6.07, 6.45) is 0.745. The summed E-state index contributed by atoms with van der Waals surface area (Å²) < 4.78 is 30.6. The maximum Gasteiger partial charge on any atom is 0.214 e. The second-order valence-corrected chi connectivity index (χ2v) is 8.89. The first-order valence-corrected chi connectivity index (χ1v) is 9.84. The van der Waals surface area contributed by atoms with Crippen LogP contribution in [0.15, 0.2) is 4.99 Å². The third-order valence-electron chi connectivity index (χ3n) is 3.87. The number of hydrogen-bond acceptors (Lipinski definition) is 4. The van der Waals surface area contributed by atoms with Crippen LogP contribution >= 0.6 is 24.0 Å². The predicted molar refractivity (Wildman–Crippen MR) is 110 cm³/mol. The molecule has 0 spiro atoms. The first-order valence-electron chi connectivity index (χ1n) is 8.23. The molecule has 2 N–H and O–H groups in total. The number of aliphatic imine (C=N–C) groups is 1. The molecule has 0 aromatic heterocycles. The Morgan fingerprint density at radius 2 is 2.00 bits per heavy atom. The number of nitrogens with zero attached hydrogens (tertiary/aromatic N) is 2. The van der Waals surface area contributed by atoms with E-state index in [0.717, 1.165) is 13.0 Å². The number of sulfonamides is 1. The number of halogens is 1. The molecule has 1 aliphatic heterocycles. The Kier molecular flexibility index (Phi) is 10.7. The Bertz CT molecular complexity index is 491. The Hall–Kier alpha value is -0.130. The highest BCUT2D eigenvalue weighted by Crippen LogP contribution is 2.21. The molecule has 144 valence electrons. The van der Waals surface area contributed by atoms with Crippen LogP contribution in [0.25, 0.3) is 0 Å². The molecule has 0 radical (unpaired) electrons. The van der Waals surface area contributed by atoms with E-state index < -0.39 is 10.0 Å². The summed E-state index contributed by atoms with van der Waals surface area (Å²) in [6, 6.07) is 0. The third-order valence-corrected chi connectivity index (χ3v) is 5.82. The number of methoxy groups -OCH3 is 1. The predicted octanol–water partition coefficient (Wildman–Crippen LogP) is 1.26. The topological polar surface area (TPSA) is 83.0 Å². The second kappa shape index (κ2) is 10.8. The number of nitrogens with one attached hydrogen (secondary N) is 2. The van der Waals surface area contributed by atoms with Crippen LogP contribution in [0.3, 0.4) is 0 Å². The van der Waals surface area contributed by atoms with Gasteiger partial charge in [-0.1, -0.05) is 20.8 Å². The third kappa shape index (κ3) is 7.83. The highest BCUT2D eigenvalue weighted by molar-refractivity contribution is 14.0. The standard InChI is InChI=1S/C15H32N4O3S.HI/c1-6-16-14(18-12-13(22-5)15(2,3)4)17-8-10-19-9-7-11-23(19,20)21;/h13H,6-12H2,1-5H3,(H2,16,17,18);1H. The van der Waals surface area contributed by atoms with E-state index in [1.54, 1.807) is 7.11 Å². The molecule has 0 aliphatic carbocycles. The molecule has 1 rings (SSSR count). The number of hydrogen-bond donors (Lipinski definition) is 2. The van der Waals surface area contributed by atoms with Gasteiger partial charge in [-0.05, 0) is 18.8 Å². The largest absolute Gasteiger partial charge is 0.379 e. The summed E-state index contributed by atoms with van der Waals surface area (Å²) in [5.41, 5.74) is 0.0131. The van der Waals surface area contributed by atoms with Crippen molar-refractivity contribution in [2.24, 2.45) is 10.4 Å². The lowest BCUT2D eigenvalue weighted by Crippen LogP contribution is -2.43. The van der Waals surface area contributed by atoms with E-state index in [1.165, 1.54) is 4.31 Å². The minimum Gasteiger partial charge on any atom is -0.379 e. The van der Waals surface area contributed by atoms with Crippen molar-refractivity contribution in [3.8, 4) is 0 Å². The van der Waals surface area contributed by atoms with Crippen molar-refractivity contribution in [2.45, 2.75) is 40.2 Å². The van der Waals surface area contributed by atoms with Crippen molar-refractivity contribution in [1.29, 1.82) is 0 Å². The Morgan fingerprint density at radius 3 is 2.46 bits per heavy atom. The summed E-state index contributed by atoms with van der Waals surface area (Å²) in [6.45, 7) is 11.3. The quantitative estimate of drug-likeness (QED) is 0.329. The van der Waals surface area contributed by atoms with Gasteiger partial charge < -0.3 is 15.4 Å². The molecule has 1 fully saturated rings. The molecule has 0 bridgehead atoms. The van der Waals surface area contributed by atoms with Crippen LogP contribution in [0.2, 0.25) is 0 Å². The van der Waals surface area contributed by atoms with Gasteiger partial charge in [0.15, 0.2) is 5.96 Å². The van der Waals surface area contributed by atoms with Gasteiger partial charge in [-0.2, -0.15) is 0 Å². The lowest BCUT2D eigenvalue weighted by atomic mass is 9.89. The van der Waals surface area contributed by atoms with Gasteiger partial charge in [0, 0.05) is 33.3 Å². The molecule has 0 amide bonds. The lowest BCUT2D eigenvalue weighted by Gasteiger charge is -2.28. The molecule has 1 heterocycles. The summed E-state index contributed by atoms with van der Waals surface area (Å²) in [4.78, 5) is 4.55. The second-order valence-electron chi connectivity index (χ2n) is 6.81. The summed E-state index contributed by atoms with van der Waals surface area (Å²) in [7, 11) is -1.33.